The lowest BCUT2D eigenvalue weighted by Gasteiger charge is -2.31. The third kappa shape index (κ3) is 2.71. The summed E-state index contributed by atoms with van der Waals surface area (Å²) >= 11 is 0. The Morgan fingerprint density at radius 2 is 2.05 bits per heavy atom. The molecule has 0 bridgehead atoms. The van der Waals surface area contributed by atoms with Gasteiger partial charge in [-0.25, -0.2) is 0 Å². The smallest absolute Gasteiger partial charge is 0.151 e. The Balaban J connectivity index is 1.79. The van der Waals surface area contributed by atoms with Crippen LogP contribution in [0.1, 0.15) is 12.8 Å². The summed E-state index contributed by atoms with van der Waals surface area (Å²) in [4.78, 5) is 6.46. The minimum absolute atomic E-state index is 0.242. The van der Waals surface area contributed by atoms with E-state index < -0.39 is 0 Å². The molecule has 2 aromatic rings. The average molecular weight is 255 g/mol. The number of hydrogen-bond donors (Lipinski definition) is 1. The second-order valence-corrected chi connectivity index (χ2v) is 4.84. The predicted molar refractivity (Wildman–Crippen MR) is 74.7 cm³/mol. The third-order valence-electron chi connectivity index (χ3n) is 3.36. The van der Waals surface area contributed by atoms with Crippen molar-refractivity contribution in [3.8, 4) is 11.4 Å². The van der Waals surface area contributed by atoms with Crippen LogP contribution < -0.4 is 10.6 Å². The van der Waals surface area contributed by atoms with E-state index in [0.29, 0.717) is 0 Å². The second kappa shape index (κ2) is 5.32. The van der Waals surface area contributed by atoms with Gasteiger partial charge in [-0.3, -0.25) is 4.98 Å². The van der Waals surface area contributed by atoms with Gasteiger partial charge in [0.2, 0.25) is 0 Å². The molecule has 5 heteroatoms. The molecule has 0 aromatic carbocycles. The van der Waals surface area contributed by atoms with Crippen molar-refractivity contribution in [3.05, 3.63) is 36.5 Å². The largest absolute Gasteiger partial charge is 0.354 e. The maximum Gasteiger partial charge on any atom is 0.151 e. The first-order chi connectivity index (χ1) is 9.33. The average Bonchev–Trinajstić information content (AvgIpc) is 2.48. The number of pyridine rings is 1. The summed E-state index contributed by atoms with van der Waals surface area (Å²) in [5.41, 5.74) is 7.62. The van der Waals surface area contributed by atoms with Crippen LogP contribution in [0, 0.1) is 0 Å². The lowest BCUT2D eigenvalue weighted by molar-refractivity contribution is 0.502. The molecular formula is C14H17N5. The summed E-state index contributed by atoms with van der Waals surface area (Å²) in [6.07, 6.45) is 3.97. The molecule has 1 atom stereocenters. The van der Waals surface area contributed by atoms with E-state index in [0.717, 1.165) is 43.1 Å². The van der Waals surface area contributed by atoms with Crippen molar-refractivity contribution < 1.29 is 0 Å². The van der Waals surface area contributed by atoms with Crippen LogP contribution in [-0.2, 0) is 0 Å². The fourth-order valence-electron chi connectivity index (χ4n) is 2.36. The van der Waals surface area contributed by atoms with Crippen LogP contribution in [0.2, 0.25) is 0 Å². The van der Waals surface area contributed by atoms with Crippen LogP contribution in [0.5, 0.6) is 0 Å². The van der Waals surface area contributed by atoms with Gasteiger partial charge in [-0.15, -0.1) is 10.2 Å². The molecule has 0 saturated carbocycles. The number of rotatable bonds is 2. The van der Waals surface area contributed by atoms with Crippen molar-refractivity contribution in [1.82, 2.24) is 15.2 Å². The number of hydrogen-bond acceptors (Lipinski definition) is 5. The molecule has 1 aliphatic heterocycles. The fourth-order valence-corrected chi connectivity index (χ4v) is 2.36. The Labute approximate surface area is 112 Å². The number of piperidine rings is 1. The highest BCUT2D eigenvalue weighted by molar-refractivity contribution is 5.54. The number of anilines is 1. The molecule has 5 nitrogen and oxygen atoms in total. The molecule has 3 rings (SSSR count). The molecule has 2 aromatic heterocycles. The molecule has 1 aliphatic rings. The highest BCUT2D eigenvalue weighted by atomic mass is 15.3. The standard InChI is InChI=1S/C14H17N5/c15-11-4-3-9-19(10-11)14-7-6-13(17-18-14)12-5-1-2-8-16-12/h1-2,5-8,11H,3-4,9-10,15H2. The van der Waals surface area contributed by atoms with Crippen LogP contribution in [0.25, 0.3) is 11.4 Å². The van der Waals surface area contributed by atoms with Crippen molar-refractivity contribution in [2.45, 2.75) is 18.9 Å². The predicted octanol–water partition coefficient (Wildman–Crippen LogP) is 1.47. The summed E-state index contributed by atoms with van der Waals surface area (Å²) in [5, 5.41) is 8.55. The zero-order chi connectivity index (χ0) is 13.1. The van der Waals surface area contributed by atoms with E-state index in [1.165, 1.54) is 0 Å². The Morgan fingerprint density at radius 3 is 2.74 bits per heavy atom. The van der Waals surface area contributed by atoms with Crippen molar-refractivity contribution in [2.75, 3.05) is 18.0 Å². The molecule has 0 spiro atoms. The summed E-state index contributed by atoms with van der Waals surface area (Å²) in [5.74, 6) is 0.898. The molecule has 98 valence electrons. The molecule has 0 radical (unpaired) electrons. The van der Waals surface area contributed by atoms with Gasteiger partial charge in [-0.1, -0.05) is 6.07 Å². The van der Waals surface area contributed by atoms with E-state index in [-0.39, 0.29) is 6.04 Å². The van der Waals surface area contributed by atoms with Gasteiger partial charge in [0.1, 0.15) is 5.69 Å². The van der Waals surface area contributed by atoms with E-state index in [2.05, 4.69) is 20.1 Å². The highest BCUT2D eigenvalue weighted by Gasteiger charge is 2.18. The molecule has 1 unspecified atom stereocenters. The fraction of sp³-hybridized carbons (Fsp3) is 0.357. The first-order valence-electron chi connectivity index (χ1n) is 6.58. The van der Waals surface area contributed by atoms with Crippen molar-refractivity contribution >= 4 is 5.82 Å². The van der Waals surface area contributed by atoms with E-state index >= 15 is 0 Å². The van der Waals surface area contributed by atoms with Gasteiger partial charge in [-0.2, -0.15) is 0 Å². The van der Waals surface area contributed by atoms with Gasteiger partial charge in [0.05, 0.1) is 5.69 Å². The van der Waals surface area contributed by atoms with E-state index in [1.54, 1.807) is 6.20 Å². The summed E-state index contributed by atoms with van der Waals surface area (Å²) in [7, 11) is 0. The van der Waals surface area contributed by atoms with Crippen LogP contribution in [0.3, 0.4) is 0 Å². The maximum atomic E-state index is 5.98. The Kier molecular flexibility index (Phi) is 3.37. The molecular weight excluding hydrogens is 238 g/mol. The second-order valence-electron chi connectivity index (χ2n) is 4.84. The normalized spacial score (nSPS) is 19.4. The summed E-state index contributed by atoms with van der Waals surface area (Å²) < 4.78 is 0. The van der Waals surface area contributed by atoms with Crippen molar-refractivity contribution in [1.29, 1.82) is 0 Å². The van der Waals surface area contributed by atoms with Gasteiger partial charge >= 0.3 is 0 Å². The summed E-state index contributed by atoms with van der Waals surface area (Å²) in [6, 6.07) is 9.97. The minimum Gasteiger partial charge on any atom is -0.354 e. The molecule has 2 N–H and O–H groups in total. The zero-order valence-electron chi connectivity index (χ0n) is 10.7. The molecule has 0 aliphatic carbocycles. The number of nitrogens with zero attached hydrogens (tertiary/aromatic N) is 4. The zero-order valence-corrected chi connectivity index (χ0v) is 10.7. The van der Waals surface area contributed by atoms with Crippen molar-refractivity contribution in [3.63, 3.8) is 0 Å². The number of aromatic nitrogens is 3. The van der Waals surface area contributed by atoms with E-state index in [1.807, 2.05) is 30.3 Å². The van der Waals surface area contributed by atoms with Crippen LogP contribution in [-0.4, -0.2) is 34.3 Å². The monoisotopic (exact) mass is 255 g/mol. The SMILES string of the molecule is NC1CCCN(c2ccc(-c3ccccn3)nn2)C1. The van der Waals surface area contributed by atoms with Gasteiger partial charge < -0.3 is 10.6 Å². The Bertz CT molecular complexity index is 525. The molecule has 1 saturated heterocycles. The molecule has 3 heterocycles. The maximum absolute atomic E-state index is 5.98. The quantitative estimate of drug-likeness (QED) is 0.880. The van der Waals surface area contributed by atoms with Crippen LogP contribution in [0.15, 0.2) is 36.5 Å². The Morgan fingerprint density at radius 1 is 1.11 bits per heavy atom. The van der Waals surface area contributed by atoms with Gasteiger partial charge in [0.25, 0.3) is 0 Å². The van der Waals surface area contributed by atoms with E-state index in [4.69, 9.17) is 5.73 Å². The Hall–Kier alpha value is -2.01. The van der Waals surface area contributed by atoms with Crippen molar-refractivity contribution in [2.24, 2.45) is 5.73 Å². The highest BCUT2D eigenvalue weighted by Crippen LogP contribution is 2.19. The first kappa shape index (κ1) is 12.0. The van der Waals surface area contributed by atoms with Gasteiger partial charge in [0, 0.05) is 25.3 Å². The lowest BCUT2D eigenvalue weighted by Crippen LogP contribution is -2.43. The lowest BCUT2D eigenvalue weighted by atomic mass is 10.1. The van der Waals surface area contributed by atoms with Crippen LogP contribution >= 0.6 is 0 Å². The first-order valence-corrected chi connectivity index (χ1v) is 6.58. The van der Waals surface area contributed by atoms with Gasteiger partial charge in [0.15, 0.2) is 5.82 Å². The molecule has 1 fully saturated rings. The van der Waals surface area contributed by atoms with Gasteiger partial charge in [-0.05, 0) is 37.1 Å². The van der Waals surface area contributed by atoms with E-state index in [9.17, 15) is 0 Å². The topological polar surface area (TPSA) is 67.9 Å². The van der Waals surface area contributed by atoms with Crippen LogP contribution in [0.4, 0.5) is 5.82 Å². The molecule has 0 amide bonds. The molecule has 19 heavy (non-hydrogen) atoms. The summed E-state index contributed by atoms with van der Waals surface area (Å²) in [6.45, 7) is 1.86. The number of nitrogens with two attached hydrogens (primary N) is 1. The third-order valence-corrected chi connectivity index (χ3v) is 3.36. The minimum atomic E-state index is 0.242.